The van der Waals surface area contributed by atoms with Gasteiger partial charge in [-0.3, -0.25) is 0 Å². The van der Waals surface area contributed by atoms with Crippen LogP contribution in [-0.4, -0.2) is 12.4 Å². The first-order valence-corrected chi connectivity index (χ1v) is 6.21. The van der Waals surface area contributed by atoms with E-state index in [0.29, 0.717) is 0 Å². The lowest BCUT2D eigenvalue weighted by molar-refractivity contribution is -0.0828. The molecule has 2 aromatic rings. The highest BCUT2D eigenvalue weighted by Crippen LogP contribution is 2.46. The lowest BCUT2D eigenvalue weighted by atomic mass is 9.93. The Labute approximate surface area is 122 Å². The van der Waals surface area contributed by atoms with Crippen molar-refractivity contribution in [2.45, 2.75) is 12.4 Å². The Kier molecular flexibility index (Phi) is 4.30. The fourth-order valence-electron chi connectivity index (χ4n) is 2.11. The van der Waals surface area contributed by atoms with E-state index in [2.05, 4.69) is 0 Å². The van der Waals surface area contributed by atoms with Crippen LogP contribution in [0.2, 0.25) is 0 Å². The van der Waals surface area contributed by atoms with Crippen LogP contribution in [0, 0.1) is 0 Å². The molecule has 0 unspecified atom stereocenters. The predicted octanol–water partition coefficient (Wildman–Crippen LogP) is 5.72. The maximum absolute atomic E-state index is 13.3. The Morgan fingerprint density at radius 2 is 0.773 bits per heavy atom. The van der Waals surface area contributed by atoms with Gasteiger partial charge in [0.1, 0.15) is 0 Å². The Morgan fingerprint density at radius 1 is 0.500 bits per heavy atom. The Morgan fingerprint density at radius 3 is 1.00 bits per heavy atom. The number of halogens is 6. The summed E-state index contributed by atoms with van der Waals surface area (Å²) in [5.41, 5.74) is -4.42. The van der Waals surface area contributed by atoms with Crippen molar-refractivity contribution in [2.75, 3.05) is 0 Å². The quantitative estimate of drug-likeness (QED) is 0.491. The van der Waals surface area contributed by atoms with Crippen molar-refractivity contribution >= 4 is 11.1 Å². The first-order chi connectivity index (χ1) is 10.2. The zero-order valence-electron chi connectivity index (χ0n) is 11.0. The van der Waals surface area contributed by atoms with Gasteiger partial charge in [-0.05, 0) is 11.1 Å². The van der Waals surface area contributed by atoms with E-state index in [0.717, 1.165) is 24.3 Å². The fraction of sp³-hybridized carbons (Fsp3) is 0.125. The van der Waals surface area contributed by atoms with Crippen molar-refractivity contribution in [1.29, 1.82) is 0 Å². The highest BCUT2D eigenvalue weighted by Gasteiger charge is 2.46. The minimum absolute atomic E-state index is 0.522. The number of alkyl halides is 6. The van der Waals surface area contributed by atoms with Crippen LogP contribution in [0.3, 0.4) is 0 Å². The maximum atomic E-state index is 13.3. The molecule has 6 heteroatoms. The second-order valence-corrected chi connectivity index (χ2v) is 4.48. The number of rotatable bonds is 2. The third kappa shape index (κ3) is 3.50. The van der Waals surface area contributed by atoms with Gasteiger partial charge in [0, 0.05) is 0 Å². The average Bonchev–Trinajstić information content (AvgIpc) is 2.44. The van der Waals surface area contributed by atoms with E-state index in [1.165, 1.54) is 36.4 Å². The first kappa shape index (κ1) is 16.1. The van der Waals surface area contributed by atoms with Crippen molar-refractivity contribution in [1.82, 2.24) is 0 Å². The molecule has 116 valence electrons. The van der Waals surface area contributed by atoms with Crippen molar-refractivity contribution < 1.29 is 26.3 Å². The van der Waals surface area contributed by atoms with Crippen LogP contribution in [0.5, 0.6) is 0 Å². The summed E-state index contributed by atoms with van der Waals surface area (Å²) < 4.78 is 79.9. The topological polar surface area (TPSA) is 0 Å². The fourth-order valence-corrected chi connectivity index (χ4v) is 2.11. The summed E-state index contributed by atoms with van der Waals surface area (Å²) in [5, 5.41) is 0. The molecule has 0 aliphatic carbocycles. The van der Waals surface area contributed by atoms with Crippen molar-refractivity contribution in [3.8, 4) is 0 Å². The lowest BCUT2D eigenvalue weighted by Crippen LogP contribution is -2.20. The summed E-state index contributed by atoms with van der Waals surface area (Å²) in [4.78, 5) is 0. The van der Waals surface area contributed by atoms with Crippen LogP contribution in [0.15, 0.2) is 60.7 Å². The third-order valence-corrected chi connectivity index (χ3v) is 2.94. The second kappa shape index (κ2) is 5.87. The van der Waals surface area contributed by atoms with E-state index in [9.17, 15) is 26.3 Å². The summed E-state index contributed by atoms with van der Waals surface area (Å²) in [6, 6.07) is 12.0. The molecule has 22 heavy (non-hydrogen) atoms. The van der Waals surface area contributed by atoms with Crippen LogP contribution in [-0.2, 0) is 0 Å². The van der Waals surface area contributed by atoms with E-state index in [1.807, 2.05) is 0 Å². The smallest absolute Gasteiger partial charge is 0.166 e. The monoisotopic (exact) mass is 316 g/mol. The summed E-state index contributed by atoms with van der Waals surface area (Å²) in [5.74, 6) is 0. The average molecular weight is 316 g/mol. The molecule has 0 aliphatic heterocycles. The summed E-state index contributed by atoms with van der Waals surface area (Å²) >= 11 is 0. The highest BCUT2D eigenvalue weighted by molar-refractivity contribution is 5.95. The molecule has 0 aromatic heterocycles. The van der Waals surface area contributed by atoms with Crippen LogP contribution < -0.4 is 0 Å². The minimum Gasteiger partial charge on any atom is -0.166 e. The van der Waals surface area contributed by atoms with Gasteiger partial charge in [0.15, 0.2) is 0 Å². The molecule has 2 aromatic carbocycles. The number of hydrogen-bond acceptors (Lipinski definition) is 0. The Balaban J connectivity index is 2.84. The van der Waals surface area contributed by atoms with Gasteiger partial charge >= 0.3 is 12.4 Å². The molecule has 0 heterocycles. The maximum Gasteiger partial charge on any atom is 0.417 e. The molecule has 0 amide bonds. The molecule has 0 saturated heterocycles. The van der Waals surface area contributed by atoms with Gasteiger partial charge in [0.2, 0.25) is 0 Å². The molecule has 0 saturated carbocycles. The van der Waals surface area contributed by atoms with E-state index >= 15 is 0 Å². The molecule has 0 aliphatic rings. The first-order valence-electron chi connectivity index (χ1n) is 6.21. The molecule has 2 rings (SSSR count). The second-order valence-electron chi connectivity index (χ2n) is 4.48. The molecule has 0 fully saturated rings. The third-order valence-electron chi connectivity index (χ3n) is 2.94. The normalized spacial score (nSPS) is 13.7. The zero-order chi connectivity index (χ0) is 16.4. The molecule has 0 nitrogen and oxygen atoms in total. The van der Waals surface area contributed by atoms with Crippen LogP contribution >= 0.6 is 0 Å². The van der Waals surface area contributed by atoms with Gasteiger partial charge in [-0.1, -0.05) is 60.7 Å². The molecule has 0 bridgehead atoms. The van der Waals surface area contributed by atoms with E-state index in [4.69, 9.17) is 0 Å². The predicted molar refractivity (Wildman–Crippen MR) is 71.8 cm³/mol. The highest BCUT2D eigenvalue weighted by atomic mass is 19.4. The Bertz CT molecular complexity index is 591. The molecule has 0 spiro atoms. The number of hydrogen-bond donors (Lipinski definition) is 0. The van der Waals surface area contributed by atoms with Gasteiger partial charge in [-0.15, -0.1) is 0 Å². The van der Waals surface area contributed by atoms with E-state index in [-0.39, 0.29) is 0 Å². The van der Waals surface area contributed by atoms with Gasteiger partial charge in [0.05, 0.1) is 11.1 Å². The Hall–Kier alpha value is -2.24. The zero-order valence-corrected chi connectivity index (χ0v) is 11.0. The summed E-state index contributed by atoms with van der Waals surface area (Å²) in [7, 11) is 0. The largest absolute Gasteiger partial charge is 0.417 e. The number of benzene rings is 2. The van der Waals surface area contributed by atoms with Gasteiger partial charge in [-0.25, -0.2) is 0 Å². The standard InChI is InChI=1S/C16H10F6/c17-15(18,19)13(11-7-3-1-4-8-11)14(16(20,21)22)12-9-5-2-6-10-12/h1-10H/b14-13-. The SMILES string of the molecule is FC(F)(F)/C(=C(/c1ccccc1)C(F)(F)F)c1ccccc1. The summed E-state index contributed by atoms with van der Waals surface area (Å²) in [6.45, 7) is 0. The van der Waals surface area contributed by atoms with E-state index in [1.54, 1.807) is 0 Å². The number of allylic oxidation sites excluding steroid dienone is 2. The van der Waals surface area contributed by atoms with Crippen molar-refractivity contribution in [2.24, 2.45) is 0 Å². The van der Waals surface area contributed by atoms with Gasteiger partial charge in [0.25, 0.3) is 0 Å². The van der Waals surface area contributed by atoms with Gasteiger partial charge in [-0.2, -0.15) is 26.3 Å². The minimum atomic E-state index is -5.14. The van der Waals surface area contributed by atoms with Gasteiger partial charge < -0.3 is 0 Å². The van der Waals surface area contributed by atoms with Crippen molar-refractivity contribution in [3.05, 3.63) is 71.8 Å². The molecular weight excluding hydrogens is 306 g/mol. The summed E-state index contributed by atoms with van der Waals surface area (Å²) in [6.07, 6.45) is -10.3. The van der Waals surface area contributed by atoms with Crippen LogP contribution in [0.1, 0.15) is 11.1 Å². The molecule has 0 N–H and O–H groups in total. The van der Waals surface area contributed by atoms with Crippen molar-refractivity contribution in [3.63, 3.8) is 0 Å². The lowest BCUT2D eigenvalue weighted by Gasteiger charge is -2.20. The molecule has 0 radical (unpaired) electrons. The van der Waals surface area contributed by atoms with E-state index < -0.39 is 34.6 Å². The molecule has 0 atom stereocenters. The van der Waals surface area contributed by atoms with Crippen LogP contribution in [0.4, 0.5) is 26.3 Å². The van der Waals surface area contributed by atoms with Crippen LogP contribution in [0.25, 0.3) is 11.1 Å². The molecular formula is C16H10F6.